The van der Waals surface area contributed by atoms with Gasteiger partial charge in [0.25, 0.3) is 0 Å². The van der Waals surface area contributed by atoms with Crippen molar-refractivity contribution < 1.29 is 28.6 Å². The van der Waals surface area contributed by atoms with E-state index in [2.05, 4.69) is 81.5 Å². The molecule has 0 fully saturated rings. The predicted octanol–water partition coefficient (Wildman–Crippen LogP) is 15.7. The summed E-state index contributed by atoms with van der Waals surface area (Å²) in [5.74, 6) is -0.906. The molecule has 0 aliphatic rings. The van der Waals surface area contributed by atoms with E-state index in [-0.39, 0.29) is 31.1 Å². The van der Waals surface area contributed by atoms with Gasteiger partial charge in [-0.3, -0.25) is 14.4 Å². The van der Waals surface area contributed by atoms with Crippen LogP contribution in [0.1, 0.15) is 233 Å². The standard InChI is InChI=1S/C52H90O6/c1-4-7-10-13-15-17-19-20-21-22-23-24-25-26-27-28-29-30-31-32-33-35-36-39-42-45-51(54)57-48-49(47-56-50(53)44-41-38-12-9-6-3)58-52(55)46-43-40-37-34-18-16-14-11-8-5-2/h7,10-11,14-15,17,20-21,23-24,49H,4-6,8-9,12-13,16,18-19,22,25-48H2,1-3H3/b10-7-,14-11-,17-15-,21-20-,24-23-. The highest BCUT2D eigenvalue weighted by Crippen LogP contribution is 2.15. The molecule has 1 unspecified atom stereocenters. The Bertz CT molecular complexity index is 1070. The quantitative estimate of drug-likeness (QED) is 0.0264. The van der Waals surface area contributed by atoms with Crippen molar-refractivity contribution in [3.05, 3.63) is 60.8 Å². The topological polar surface area (TPSA) is 78.9 Å². The molecule has 0 heterocycles. The molecule has 0 aromatic heterocycles. The molecular weight excluding hydrogens is 721 g/mol. The lowest BCUT2D eigenvalue weighted by Gasteiger charge is -2.18. The van der Waals surface area contributed by atoms with Crippen LogP contribution in [0, 0.1) is 0 Å². The SMILES string of the molecule is CC/C=C\C/C=C\C/C=C\C/C=C\CCCCCCCCCCCCCCC(=O)OCC(COC(=O)CCCCCCC)OC(=O)CCCCCCC/C=C\CCC. The van der Waals surface area contributed by atoms with Crippen molar-refractivity contribution in [1.82, 2.24) is 0 Å². The Labute approximate surface area is 358 Å². The van der Waals surface area contributed by atoms with E-state index in [1.807, 2.05) is 0 Å². The van der Waals surface area contributed by atoms with Gasteiger partial charge in [-0.05, 0) is 77.0 Å². The molecule has 6 heteroatoms. The van der Waals surface area contributed by atoms with E-state index < -0.39 is 6.10 Å². The van der Waals surface area contributed by atoms with E-state index in [1.165, 1.54) is 83.5 Å². The molecule has 0 bridgehead atoms. The fraction of sp³-hybridized carbons (Fsp3) is 0.750. The summed E-state index contributed by atoms with van der Waals surface area (Å²) in [5, 5.41) is 0. The van der Waals surface area contributed by atoms with Gasteiger partial charge in [-0.1, -0.05) is 197 Å². The van der Waals surface area contributed by atoms with E-state index in [1.54, 1.807) is 0 Å². The Balaban J connectivity index is 4.04. The number of carbonyl (C=O) groups excluding carboxylic acids is 3. The van der Waals surface area contributed by atoms with Crippen LogP contribution in [0.15, 0.2) is 60.8 Å². The van der Waals surface area contributed by atoms with Gasteiger partial charge >= 0.3 is 17.9 Å². The van der Waals surface area contributed by atoms with Crippen LogP contribution >= 0.6 is 0 Å². The van der Waals surface area contributed by atoms with Crippen LogP contribution < -0.4 is 0 Å². The molecule has 0 aromatic carbocycles. The zero-order chi connectivity index (χ0) is 42.3. The van der Waals surface area contributed by atoms with Crippen LogP contribution in [0.2, 0.25) is 0 Å². The average Bonchev–Trinajstić information content (AvgIpc) is 3.22. The van der Waals surface area contributed by atoms with E-state index in [0.29, 0.717) is 19.3 Å². The van der Waals surface area contributed by atoms with Crippen molar-refractivity contribution in [3.63, 3.8) is 0 Å². The zero-order valence-corrected chi connectivity index (χ0v) is 38.0. The lowest BCUT2D eigenvalue weighted by atomic mass is 10.0. The third-order valence-electron chi connectivity index (χ3n) is 10.2. The second-order valence-electron chi connectivity index (χ2n) is 16.0. The summed E-state index contributed by atoms with van der Waals surface area (Å²) in [7, 11) is 0. The molecule has 0 radical (unpaired) electrons. The van der Waals surface area contributed by atoms with Crippen LogP contribution in [-0.4, -0.2) is 37.2 Å². The molecule has 0 saturated carbocycles. The van der Waals surface area contributed by atoms with Crippen LogP contribution in [0.25, 0.3) is 0 Å². The Morgan fingerprint density at radius 3 is 1.14 bits per heavy atom. The highest BCUT2D eigenvalue weighted by atomic mass is 16.6. The third-order valence-corrected chi connectivity index (χ3v) is 10.2. The van der Waals surface area contributed by atoms with Crippen molar-refractivity contribution in [3.8, 4) is 0 Å². The van der Waals surface area contributed by atoms with Gasteiger partial charge < -0.3 is 14.2 Å². The second-order valence-corrected chi connectivity index (χ2v) is 16.0. The summed E-state index contributed by atoms with van der Waals surface area (Å²) in [6.07, 6.45) is 56.8. The first-order valence-electron chi connectivity index (χ1n) is 24.3. The van der Waals surface area contributed by atoms with Crippen molar-refractivity contribution in [1.29, 1.82) is 0 Å². The van der Waals surface area contributed by atoms with Gasteiger partial charge in [-0.15, -0.1) is 0 Å². The minimum Gasteiger partial charge on any atom is -0.462 e. The van der Waals surface area contributed by atoms with Gasteiger partial charge in [0.15, 0.2) is 6.10 Å². The van der Waals surface area contributed by atoms with Gasteiger partial charge in [0.2, 0.25) is 0 Å². The summed E-state index contributed by atoms with van der Waals surface area (Å²) in [5.41, 5.74) is 0. The van der Waals surface area contributed by atoms with Gasteiger partial charge in [0.1, 0.15) is 13.2 Å². The van der Waals surface area contributed by atoms with Crippen LogP contribution in [0.3, 0.4) is 0 Å². The second kappa shape index (κ2) is 46.8. The first-order chi connectivity index (χ1) is 28.5. The highest BCUT2D eigenvalue weighted by molar-refractivity contribution is 5.71. The molecule has 0 aromatic rings. The van der Waals surface area contributed by atoms with Gasteiger partial charge in [0.05, 0.1) is 0 Å². The van der Waals surface area contributed by atoms with Crippen LogP contribution in [-0.2, 0) is 28.6 Å². The Kier molecular flexibility index (Phi) is 44.5. The molecule has 0 N–H and O–H groups in total. The maximum Gasteiger partial charge on any atom is 0.306 e. The molecule has 0 rings (SSSR count). The normalized spacial score (nSPS) is 12.5. The number of hydrogen-bond acceptors (Lipinski definition) is 6. The van der Waals surface area contributed by atoms with E-state index >= 15 is 0 Å². The van der Waals surface area contributed by atoms with Gasteiger partial charge in [0, 0.05) is 19.3 Å². The summed E-state index contributed by atoms with van der Waals surface area (Å²) in [6.45, 7) is 6.36. The van der Waals surface area contributed by atoms with E-state index in [0.717, 1.165) is 109 Å². The molecule has 58 heavy (non-hydrogen) atoms. The maximum atomic E-state index is 12.6. The van der Waals surface area contributed by atoms with E-state index in [9.17, 15) is 14.4 Å². The Hall–Kier alpha value is -2.89. The van der Waals surface area contributed by atoms with E-state index in [4.69, 9.17) is 14.2 Å². The van der Waals surface area contributed by atoms with Crippen molar-refractivity contribution in [2.24, 2.45) is 0 Å². The average molecular weight is 811 g/mol. The lowest BCUT2D eigenvalue weighted by molar-refractivity contribution is -0.167. The van der Waals surface area contributed by atoms with Gasteiger partial charge in [-0.25, -0.2) is 0 Å². The number of allylic oxidation sites excluding steroid dienone is 10. The Morgan fingerprint density at radius 2 is 0.707 bits per heavy atom. The van der Waals surface area contributed by atoms with Crippen molar-refractivity contribution in [2.75, 3.05) is 13.2 Å². The smallest absolute Gasteiger partial charge is 0.306 e. The maximum absolute atomic E-state index is 12.6. The first-order valence-corrected chi connectivity index (χ1v) is 24.3. The van der Waals surface area contributed by atoms with Crippen LogP contribution in [0.4, 0.5) is 0 Å². The largest absolute Gasteiger partial charge is 0.462 e. The minimum atomic E-state index is -0.772. The number of esters is 3. The number of hydrogen-bond donors (Lipinski definition) is 0. The molecule has 1 atom stereocenters. The lowest BCUT2D eigenvalue weighted by Crippen LogP contribution is -2.30. The molecule has 0 amide bonds. The zero-order valence-electron chi connectivity index (χ0n) is 38.0. The highest BCUT2D eigenvalue weighted by Gasteiger charge is 2.19. The fourth-order valence-corrected chi connectivity index (χ4v) is 6.61. The molecular formula is C52H90O6. The number of rotatable bonds is 43. The fourth-order valence-electron chi connectivity index (χ4n) is 6.61. The summed E-state index contributed by atoms with van der Waals surface area (Å²) >= 11 is 0. The van der Waals surface area contributed by atoms with Gasteiger partial charge in [-0.2, -0.15) is 0 Å². The molecule has 334 valence electrons. The molecule has 0 spiro atoms. The summed E-state index contributed by atoms with van der Waals surface area (Å²) in [6, 6.07) is 0. The van der Waals surface area contributed by atoms with Crippen LogP contribution in [0.5, 0.6) is 0 Å². The predicted molar refractivity (Wildman–Crippen MR) is 247 cm³/mol. The monoisotopic (exact) mass is 811 g/mol. The summed E-state index contributed by atoms with van der Waals surface area (Å²) in [4.78, 5) is 37.5. The number of carbonyl (C=O) groups is 3. The number of ether oxygens (including phenoxy) is 3. The third kappa shape index (κ3) is 44.2. The number of unbranched alkanes of at least 4 members (excludes halogenated alkanes) is 22. The Morgan fingerprint density at radius 1 is 0.362 bits per heavy atom. The molecule has 0 aliphatic carbocycles. The van der Waals surface area contributed by atoms with Crippen molar-refractivity contribution in [2.45, 2.75) is 239 Å². The molecule has 6 nitrogen and oxygen atoms in total. The molecule has 0 aliphatic heterocycles. The van der Waals surface area contributed by atoms with Crippen molar-refractivity contribution >= 4 is 17.9 Å². The molecule has 0 saturated heterocycles. The summed E-state index contributed by atoms with van der Waals surface area (Å²) < 4.78 is 16.6. The minimum absolute atomic E-state index is 0.0782. The first kappa shape index (κ1) is 55.1.